The van der Waals surface area contributed by atoms with E-state index in [2.05, 4.69) is 33.5 Å². The molecule has 0 saturated heterocycles. The second-order valence-corrected chi connectivity index (χ2v) is 4.90. The van der Waals surface area contributed by atoms with Crippen LogP contribution in [0, 0.1) is 0 Å². The van der Waals surface area contributed by atoms with Crippen LogP contribution in [0.4, 0.5) is 0 Å². The molecular formula is C11H16BrClN2. The summed E-state index contributed by atoms with van der Waals surface area (Å²) in [6.07, 6.45) is 0. The van der Waals surface area contributed by atoms with Gasteiger partial charge in [0, 0.05) is 28.6 Å². The van der Waals surface area contributed by atoms with Crippen LogP contribution in [0.1, 0.15) is 12.5 Å². The SMILES string of the molecule is CNCC(C)NCc1ccc(Br)cc1Cl. The Kier molecular flexibility index (Phi) is 5.61. The quantitative estimate of drug-likeness (QED) is 0.872. The first-order chi connectivity index (χ1) is 7.13. The van der Waals surface area contributed by atoms with E-state index in [0.717, 1.165) is 28.1 Å². The van der Waals surface area contributed by atoms with Gasteiger partial charge in [0.2, 0.25) is 0 Å². The predicted octanol–water partition coefficient (Wildman–Crippen LogP) is 2.80. The van der Waals surface area contributed by atoms with E-state index in [4.69, 9.17) is 11.6 Å². The van der Waals surface area contributed by atoms with Crippen LogP contribution in [0.2, 0.25) is 5.02 Å². The van der Waals surface area contributed by atoms with E-state index in [9.17, 15) is 0 Å². The first-order valence-corrected chi connectivity index (χ1v) is 6.12. The van der Waals surface area contributed by atoms with Gasteiger partial charge in [0.05, 0.1) is 0 Å². The van der Waals surface area contributed by atoms with Crippen molar-refractivity contribution in [2.45, 2.75) is 19.5 Å². The second kappa shape index (κ2) is 6.48. The highest BCUT2D eigenvalue weighted by Gasteiger charge is 2.03. The Bertz CT molecular complexity index is 317. The molecule has 1 rings (SSSR count). The van der Waals surface area contributed by atoms with Crippen molar-refractivity contribution in [1.29, 1.82) is 0 Å². The van der Waals surface area contributed by atoms with Crippen molar-refractivity contribution in [2.75, 3.05) is 13.6 Å². The molecule has 0 aliphatic heterocycles. The molecule has 15 heavy (non-hydrogen) atoms. The topological polar surface area (TPSA) is 24.1 Å². The van der Waals surface area contributed by atoms with Gasteiger partial charge >= 0.3 is 0 Å². The summed E-state index contributed by atoms with van der Waals surface area (Å²) in [6.45, 7) is 3.90. The lowest BCUT2D eigenvalue weighted by Gasteiger charge is -2.13. The molecule has 0 spiro atoms. The minimum absolute atomic E-state index is 0.440. The smallest absolute Gasteiger partial charge is 0.0462 e. The Hall–Kier alpha value is -0.0900. The van der Waals surface area contributed by atoms with Crippen LogP contribution >= 0.6 is 27.5 Å². The lowest BCUT2D eigenvalue weighted by atomic mass is 10.2. The van der Waals surface area contributed by atoms with Crippen LogP contribution < -0.4 is 10.6 Å². The van der Waals surface area contributed by atoms with Gasteiger partial charge in [-0.3, -0.25) is 0 Å². The van der Waals surface area contributed by atoms with Gasteiger partial charge in [0.15, 0.2) is 0 Å². The number of hydrogen-bond donors (Lipinski definition) is 2. The lowest BCUT2D eigenvalue weighted by Crippen LogP contribution is -2.34. The molecule has 1 atom stereocenters. The van der Waals surface area contributed by atoms with Crippen molar-refractivity contribution in [3.05, 3.63) is 33.3 Å². The highest BCUT2D eigenvalue weighted by Crippen LogP contribution is 2.21. The molecule has 0 radical (unpaired) electrons. The number of rotatable bonds is 5. The van der Waals surface area contributed by atoms with Gasteiger partial charge in [-0.1, -0.05) is 33.6 Å². The fourth-order valence-corrected chi connectivity index (χ4v) is 2.07. The summed E-state index contributed by atoms with van der Waals surface area (Å²) in [5, 5.41) is 7.32. The Morgan fingerprint density at radius 3 is 2.80 bits per heavy atom. The lowest BCUT2D eigenvalue weighted by molar-refractivity contribution is 0.523. The van der Waals surface area contributed by atoms with Crippen LogP contribution in [0.3, 0.4) is 0 Å². The standard InChI is InChI=1S/C11H16BrClN2/c1-8(6-14-2)15-7-9-3-4-10(12)5-11(9)13/h3-5,8,14-15H,6-7H2,1-2H3. The molecule has 0 heterocycles. The zero-order valence-electron chi connectivity index (χ0n) is 8.98. The highest BCUT2D eigenvalue weighted by atomic mass is 79.9. The average Bonchev–Trinajstić information content (AvgIpc) is 2.17. The van der Waals surface area contributed by atoms with Crippen molar-refractivity contribution in [1.82, 2.24) is 10.6 Å². The van der Waals surface area contributed by atoms with Crippen LogP contribution in [-0.2, 0) is 6.54 Å². The van der Waals surface area contributed by atoms with E-state index in [0.29, 0.717) is 6.04 Å². The maximum absolute atomic E-state index is 6.10. The molecule has 0 aromatic heterocycles. The van der Waals surface area contributed by atoms with E-state index in [1.54, 1.807) is 0 Å². The first-order valence-electron chi connectivity index (χ1n) is 4.95. The van der Waals surface area contributed by atoms with E-state index in [1.807, 2.05) is 25.2 Å². The summed E-state index contributed by atoms with van der Waals surface area (Å²) in [5.74, 6) is 0. The average molecular weight is 292 g/mol. The molecule has 0 aliphatic carbocycles. The van der Waals surface area contributed by atoms with Crippen molar-refractivity contribution >= 4 is 27.5 Å². The third-order valence-electron chi connectivity index (χ3n) is 2.17. The molecule has 0 amide bonds. The molecule has 2 N–H and O–H groups in total. The van der Waals surface area contributed by atoms with Crippen LogP contribution in [0.25, 0.3) is 0 Å². The predicted molar refractivity (Wildman–Crippen MR) is 69.4 cm³/mol. The molecule has 0 bridgehead atoms. The van der Waals surface area contributed by atoms with Gasteiger partial charge in [-0.25, -0.2) is 0 Å². The Morgan fingerprint density at radius 2 is 2.20 bits per heavy atom. The Balaban J connectivity index is 2.50. The van der Waals surface area contributed by atoms with E-state index in [-0.39, 0.29) is 0 Å². The minimum Gasteiger partial charge on any atom is -0.318 e. The number of benzene rings is 1. The fourth-order valence-electron chi connectivity index (χ4n) is 1.33. The zero-order chi connectivity index (χ0) is 11.3. The molecular weight excluding hydrogens is 275 g/mol. The van der Waals surface area contributed by atoms with Gasteiger partial charge < -0.3 is 10.6 Å². The summed E-state index contributed by atoms with van der Waals surface area (Å²) in [4.78, 5) is 0. The summed E-state index contributed by atoms with van der Waals surface area (Å²) in [6, 6.07) is 6.40. The number of nitrogens with one attached hydrogen (secondary N) is 2. The van der Waals surface area contributed by atoms with E-state index < -0.39 is 0 Å². The summed E-state index contributed by atoms with van der Waals surface area (Å²) < 4.78 is 1.01. The van der Waals surface area contributed by atoms with Crippen molar-refractivity contribution in [3.8, 4) is 0 Å². The monoisotopic (exact) mass is 290 g/mol. The maximum atomic E-state index is 6.10. The molecule has 0 aliphatic rings. The molecule has 1 aromatic carbocycles. The number of hydrogen-bond acceptors (Lipinski definition) is 2. The second-order valence-electron chi connectivity index (χ2n) is 3.58. The first kappa shape index (κ1) is 13.0. The van der Waals surface area contributed by atoms with Gasteiger partial charge in [-0.15, -0.1) is 0 Å². The summed E-state index contributed by atoms with van der Waals surface area (Å²) in [5.41, 5.74) is 1.13. The molecule has 1 aromatic rings. The van der Waals surface area contributed by atoms with Crippen molar-refractivity contribution in [2.24, 2.45) is 0 Å². The summed E-state index contributed by atoms with van der Waals surface area (Å²) >= 11 is 9.49. The Morgan fingerprint density at radius 1 is 1.47 bits per heavy atom. The molecule has 84 valence electrons. The molecule has 0 fully saturated rings. The molecule has 0 saturated carbocycles. The minimum atomic E-state index is 0.440. The molecule has 2 nitrogen and oxygen atoms in total. The number of likely N-dealkylation sites (N-methyl/N-ethyl adjacent to an activating group) is 1. The van der Waals surface area contributed by atoms with Gasteiger partial charge in [0.1, 0.15) is 0 Å². The third-order valence-corrected chi connectivity index (χ3v) is 3.01. The van der Waals surface area contributed by atoms with Crippen LogP contribution in [0.5, 0.6) is 0 Å². The largest absolute Gasteiger partial charge is 0.318 e. The molecule has 1 unspecified atom stereocenters. The Labute approximate surface area is 105 Å². The van der Waals surface area contributed by atoms with Crippen molar-refractivity contribution in [3.63, 3.8) is 0 Å². The van der Waals surface area contributed by atoms with Gasteiger partial charge in [0.25, 0.3) is 0 Å². The fraction of sp³-hybridized carbons (Fsp3) is 0.455. The van der Waals surface area contributed by atoms with E-state index >= 15 is 0 Å². The van der Waals surface area contributed by atoms with Crippen molar-refractivity contribution < 1.29 is 0 Å². The third kappa shape index (κ3) is 4.51. The normalized spacial score (nSPS) is 12.8. The van der Waals surface area contributed by atoms with Crippen LogP contribution in [-0.4, -0.2) is 19.6 Å². The maximum Gasteiger partial charge on any atom is 0.0462 e. The van der Waals surface area contributed by atoms with Crippen LogP contribution in [0.15, 0.2) is 22.7 Å². The zero-order valence-corrected chi connectivity index (χ0v) is 11.3. The van der Waals surface area contributed by atoms with Gasteiger partial charge in [-0.05, 0) is 31.7 Å². The molecule has 4 heteroatoms. The van der Waals surface area contributed by atoms with E-state index in [1.165, 1.54) is 0 Å². The van der Waals surface area contributed by atoms with Gasteiger partial charge in [-0.2, -0.15) is 0 Å². The summed E-state index contributed by atoms with van der Waals surface area (Å²) in [7, 11) is 1.95. The number of halogens is 2. The highest BCUT2D eigenvalue weighted by molar-refractivity contribution is 9.10.